The predicted molar refractivity (Wildman–Crippen MR) is 121 cm³/mol. The normalized spacial score (nSPS) is 10.3. The van der Waals surface area contributed by atoms with Crippen LogP contribution >= 0.6 is 15.9 Å². The molecule has 9 nitrogen and oxygen atoms in total. The lowest BCUT2D eigenvalue weighted by atomic mass is 10.3. The van der Waals surface area contributed by atoms with E-state index in [1.165, 1.54) is 0 Å². The van der Waals surface area contributed by atoms with Crippen LogP contribution in [0.5, 0.6) is 11.5 Å². The molecule has 2 aromatic carbocycles. The van der Waals surface area contributed by atoms with E-state index in [-0.39, 0.29) is 18.1 Å². The van der Waals surface area contributed by atoms with Gasteiger partial charge in [-0.1, -0.05) is 22.0 Å². The third kappa shape index (κ3) is 5.73. The SMILES string of the molecule is CCOC(=O)c1nn(-c2cccc(Br)c2)c(=O)cc1OCC(=O)Nc1ccc(OC)cc1. The second-order valence-corrected chi connectivity index (χ2v) is 7.29. The Bertz CT molecular complexity index is 1180. The topological polar surface area (TPSA) is 109 Å². The van der Waals surface area contributed by atoms with E-state index in [1.807, 2.05) is 0 Å². The van der Waals surface area contributed by atoms with Crippen LogP contribution in [-0.4, -0.2) is 42.0 Å². The van der Waals surface area contributed by atoms with Crippen LogP contribution < -0.4 is 20.3 Å². The van der Waals surface area contributed by atoms with Gasteiger partial charge in [0.2, 0.25) is 5.69 Å². The minimum Gasteiger partial charge on any atom is -0.497 e. The highest BCUT2D eigenvalue weighted by molar-refractivity contribution is 9.10. The van der Waals surface area contributed by atoms with Gasteiger partial charge in [0.05, 0.1) is 25.5 Å². The van der Waals surface area contributed by atoms with Crippen molar-refractivity contribution in [2.75, 3.05) is 25.6 Å². The van der Waals surface area contributed by atoms with Crippen LogP contribution in [-0.2, 0) is 9.53 Å². The molecule has 10 heteroatoms. The van der Waals surface area contributed by atoms with Gasteiger partial charge in [-0.15, -0.1) is 0 Å². The number of nitrogens with zero attached hydrogens (tertiary/aromatic N) is 2. The highest BCUT2D eigenvalue weighted by atomic mass is 79.9. The molecule has 32 heavy (non-hydrogen) atoms. The number of hydrogen-bond donors (Lipinski definition) is 1. The maximum Gasteiger partial charge on any atom is 0.362 e. The molecule has 0 spiro atoms. The first kappa shape index (κ1) is 23.0. The van der Waals surface area contributed by atoms with Gasteiger partial charge in [-0.2, -0.15) is 9.78 Å². The van der Waals surface area contributed by atoms with Crippen molar-refractivity contribution >= 4 is 33.5 Å². The number of anilines is 1. The van der Waals surface area contributed by atoms with Crippen LogP contribution in [0.2, 0.25) is 0 Å². The van der Waals surface area contributed by atoms with E-state index >= 15 is 0 Å². The Hall–Kier alpha value is -3.66. The number of carbonyl (C=O) groups excluding carboxylic acids is 2. The average Bonchev–Trinajstić information content (AvgIpc) is 2.78. The second-order valence-electron chi connectivity index (χ2n) is 6.37. The van der Waals surface area contributed by atoms with Crippen molar-refractivity contribution in [2.24, 2.45) is 0 Å². The summed E-state index contributed by atoms with van der Waals surface area (Å²) in [6.45, 7) is 1.30. The zero-order valence-corrected chi connectivity index (χ0v) is 18.9. The van der Waals surface area contributed by atoms with Gasteiger partial charge in [-0.05, 0) is 49.4 Å². The number of amides is 1. The Labute approximate surface area is 192 Å². The molecule has 1 heterocycles. The maximum atomic E-state index is 12.6. The number of benzene rings is 2. The van der Waals surface area contributed by atoms with Gasteiger partial charge in [0, 0.05) is 10.2 Å². The van der Waals surface area contributed by atoms with E-state index in [9.17, 15) is 14.4 Å². The molecule has 0 atom stereocenters. The monoisotopic (exact) mass is 501 g/mol. The molecule has 166 valence electrons. The molecular weight excluding hydrogens is 482 g/mol. The number of hydrogen-bond acceptors (Lipinski definition) is 7. The number of nitrogens with one attached hydrogen (secondary N) is 1. The lowest BCUT2D eigenvalue weighted by molar-refractivity contribution is -0.118. The molecule has 0 bridgehead atoms. The maximum absolute atomic E-state index is 12.6. The zero-order chi connectivity index (χ0) is 23.1. The summed E-state index contributed by atoms with van der Waals surface area (Å²) < 4.78 is 17.3. The Balaban J connectivity index is 1.82. The summed E-state index contributed by atoms with van der Waals surface area (Å²) in [4.78, 5) is 37.3. The largest absolute Gasteiger partial charge is 0.497 e. The van der Waals surface area contributed by atoms with Gasteiger partial charge in [0.1, 0.15) is 5.75 Å². The summed E-state index contributed by atoms with van der Waals surface area (Å²) in [6, 6.07) is 14.7. The van der Waals surface area contributed by atoms with Gasteiger partial charge in [0.15, 0.2) is 12.4 Å². The van der Waals surface area contributed by atoms with Crippen molar-refractivity contribution < 1.29 is 23.8 Å². The van der Waals surface area contributed by atoms with Gasteiger partial charge < -0.3 is 19.5 Å². The molecule has 0 saturated heterocycles. The molecule has 0 aliphatic rings. The fraction of sp³-hybridized carbons (Fsp3) is 0.182. The first-order valence-electron chi connectivity index (χ1n) is 9.55. The lowest BCUT2D eigenvalue weighted by Gasteiger charge is -2.13. The lowest BCUT2D eigenvalue weighted by Crippen LogP contribution is -2.27. The molecule has 0 radical (unpaired) electrons. The molecule has 3 aromatic rings. The summed E-state index contributed by atoms with van der Waals surface area (Å²) in [5, 5.41) is 6.77. The fourth-order valence-corrected chi connectivity index (χ4v) is 3.09. The highest BCUT2D eigenvalue weighted by Gasteiger charge is 2.20. The molecule has 0 aliphatic heterocycles. The Kier molecular flexibility index (Phi) is 7.61. The van der Waals surface area contributed by atoms with Crippen LogP contribution in [0.1, 0.15) is 17.4 Å². The first-order chi connectivity index (χ1) is 15.4. The van der Waals surface area contributed by atoms with Crippen LogP contribution in [0.4, 0.5) is 5.69 Å². The van der Waals surface area contributed by atoms with Gasteiger partial charge in [0.25, 0.3) is 11.5 Å². The molecule has 1 aromatic heterocycles. The van der Waals surface area contributed by atoms with Crippen LogP contribution in [0, 0.1) is 0 Å². The number of methoxy groups -OCH3 is 1. The fourth-order valence-electron chi connectivity index (χ4n) is 2.70. The van der Waals surface area contributed by atoms with Crippen LogP contribution in [0.3, 0.4) is 0 Å². The highest BCUT2D eigenvalue weighted by Crippen LogP contribution is 2.19. The summed E-state index contributed by atoms with van der Waals surface area (Å²) in [5.41, 5.74) is 0.220. The number of halogens is 1. The summed E-state index contributed by atoms with van der Waals surface area (Å²) in [6.07, 6.45) is 0. The molecule has 1 amide bonds. The van der Waals surface area contributed by atoms with E-state index in [4.69, 9.17) is 14.2 Å². The van der Waals surface area contributed by atoms with E-state index in [1.54, 1.807) is 62.6 Å². The van der Waals surface area contributed by atoms with Crippen molar-refractivity contribution in [2.45, 2.75) is 6.92 Å². The zero-order valence-electron chi connectivity index (χ0n) is 17.3. The number of ether oxygens (including phenoxy) is 3. The van der Waals surface area contributed by atoms with E-state index < -0.39 is 24.0 Å². The Morgan fingerprint density at radius 1 is 1.12 bits per heavy atom. The number of aromatic nitrogens is 2. The third-order valence-electron chi connectivity index (χ3n) is 4.15. The molecule has 0 fully saturated rings. The van der Waals surface area contributed by atoms with Gasteiger partial charge in [-0.3, -0.25) is 9.59 Å². The minimum absolute atomic E-state index is 0.105. The van der Waals surface area contributed by atoms with Crippen molar-refractivity contribution in [3.8, 4) is 17.2 Å². The summed E-state index contributed by atoms with van der Waals surface area (Å²) in [5.74, 6) is -0.761. The van der Waals surface area contributed by atoms with Crippen molar-refractivity contribution in [1.29, 1.82) is 0 Å². The molecule has 0 unspecified atom stereocenters. The predicted octanol–water partition coefficient (Wildman–Crippen LogP) is 3.20. The molecule has 1 N–H and O–H groups in total. The van der Waals surface area contributed by atoms with Gasteiger partial charge >= 0.3 is 5.97 Å². The van der Waals surface area contributed by atoms with Crippen LogP contribution in [0.15, 0.2) is 63.9 Å². The number of rotatable bonds is 8. The summed E-state index contributed by atoms with van der Waals surface area (Å²) in [7, 11) is 1.54. The van der Waals surface area contributed by atoms with Gasteiger partial charge in [-0.25, -0.2) is 4.79 Å². The van der Waals surface area contributed by atoms with Crippen molar-refractivity contribution in [1.82, 2.24) is 9.78 Å². The Morgan fingerprint density at radius 3 is 2.53 bits per heavy atom. The molecule has 0 saturated carbocycles. The Morgan fingerprint density at radius 2 is 1.88 bits per heavy atom. The van der Waals surface area contributed by atoms with Crippen LogP contribution in [0.25, 0.3) is 5.69 Å². The van der Waals surface area contributed by atoms with E-state index in [0.29, 0.717) is 17.1 Å². The molecular formula is C22H20BrN3O6. The number of carbonyl (C=O) groups is 2. The smallest absolute Gasteiger partial charge is 0.362 e. The number of esters is 1. The van der Waals surface area contributed by atoms with Crippen molar-refractivity contribution in [3.05, 3.63) is 75.1 Å². The van der Waals surface area contributed by atoms with Crippen molar-refractivity contribution in [3.63, 3.8) is 0 Å². The van der Waals surface area contributed by atoms with E-state index in [2.05, 4.69) is 26.3 Å². The standard InChI is InChI=1S/C22H20BrN3O6/c1-3-31-22(29)21-18(12-20(28)26(25-21)16-6-4-5-14(23)11-16)32-13-19(27)24-15-7-9-17(30-2)10-8-15/h4-12H,3,13H2,1-2H3,(H,24,27). The molecule has 3 rings (SSSR count). The van der Waals surface area contributed by atoms with E-state index in [0.717, 1.165) is 15.2 Å². The third-order valence-corrected chi connectivity index (χ3v) is 4.64. The minimum atomic E-state index is -0.776. The second kappa shape index (κ2) is 10.6. The average molecular weight is 502 g/mol. The molecule has 0 aliphatic carbocycles. The quantitative estimate of drug-likeness (QED) is 0.472. The first-order valence-corrected chi connectivity index (χ1v) is 10.3. The summed E-state index contributed by atoms with van der Waals surface area (Å²) >= 11 is 3.34.